The smallest absolute Gasteiger partial charge is 0.334 e. The maximum absolute atomic E-state index is 12.1. The number of halogens is 2. The van der Waals surface area contributed by atoms with E-state index in [0.29, 0.717) is 22.1 Å². The van der Waals surface area contributed by atoms with Gasteiger partial charge in [0.1, 0.15) is 6.04 Å². The highest BCUT2D eigenvalue weighted by Gasteiger charge is 2.29. The molecule has 1 amide bonds. The molecule has 0 aromatic heterocycles. The number of esters is 1. The van der Waals surface area contributed by atoms with Gasteiger partial charge in [-0.3, -0.25) is 4.79 Å². The molecule has 23 heavy (non-hydrogen) atoms. The maximum atomic E-state index is 12.1. The molecule has 7 heteroatoms. The van der Waals surface area contributed by atoms with Crippen molar-refractivity contribution in [3.63, 3.8) is 0 Å². The lowest BCUT2D eigenvalue weighted by molar-refractivity contribution is -0.137. The van der Waals surface area contributed by atoms with Gasteiger partial charge in [0.2, 0.25) is 5.91 Å². The topological polar surface area (TPSA) is 67.4 Å². The molecular weight excluding hydrogens is 339 g/mol. The third-order valence-corrected chi connectivity index (χ3v) is 4.15. The van der Waals surface area contributed by atoms with Gasteiger partial charge in [0.15, 0.2) is 5.75 Å². The Balaban J connectivity index is 1.69. The summed E-state index contributed by atoms with van der Waals surface area (Å²) in [7, 11) is 0. The fourth-order valence-electron chi connectivity index (χ4n) is 2.22. The Bertz CT molecular complexity index is 780. The first-order valence-corrected chi connectivity index (χ1v) is 7.61. The minimum absolute atomic E-state index is 0.0873. The molecule has 0 aliphatic carbocycles. The highest BCUT2D eigenvalue weighted by Crippen LogP contribution is 2.31. The number of hydrogen-bond acceptors (Lipinski definition) is 4. The number of carbonyl (C=O) groups is 2. The van der Waals surface area contributed by atoms with Crippen molar-refractivity contribution >= 4 is 46.5 Å². The van der Waals surface area contributed by atoms with Crippen LogP contribution in [-0.2, 0) is 9.59 Å². The summed E-state index contributed by atoms with van der Waals surface area (Å²) < 4.78 is 5.21. The van der Waals surface area contributed by atoms with E-state index in [-0.39, 0.29) is 17.4 Å². The van der Waals surface area contributed by atoms with Crippen LogP contribution in [0.15, 0.2) is 42.5 Å². The number of nitrogens with one attached hydrogen (secondary N) is 2. The Morgan fingerprint density at radius 1 is 1.17 bits per heavy atom. The third kappa shape index (κ3) is 3.41. The zero-order valence-electron chi connectivity index (χ0n) is 11.8. The van der Waals surface area contributed by atoms with Gasteiger partial charge in [-0.15, -0.1) is 0 Å². The molecule has 1 heterocycles. The van der Waals surface area contributed by atoms with Crippen molar-refractivity contribution < 1.29 is 14.3 Å². The Morgan fingerprint density at radius 2 is 1.96 bits per heavy atom. The average molecular weight is 351 g/mol. The Morgan fingerprint density at radius 3 is 2.78 bits per heavy atom. The van der Waals surface area contributed by atoms with Crippen molar-refractivity contribution in [1.82, 2.24) is 0 Å². The predicted octanol–water partition coefficient (Wildman–Crippen LogP) is 3.72. The summed E-state index contributed by atoms with van der Waals surface area (Å²) in [6.07, 6.45) is -0.0873. The first kappa shape index (κ1) is 15.6. The van der Waals surface area contributed by atoms with Gasteiger partial charge >= 0.3 is 5.97 Å². The van der Waals surface area contributed by atoms with Crippen LogP contribution in [0.4, 0.5) is 11.4 Å². The second-order valence-corrected chi connectivity index (χ2v) is 5.75. The molecule has 2 aromatic carbocycles. The molecule has 5 nitrogen and oxygen atoms in total. The normalized spacial score (nSPS) is 16.1. The molecular formula is C16H12Cl2N2O3. The largest absolute Gasteiger partial charge is 0.423 e. The van der Waals surface area contributed by atoms with Crippen LogP contribution >= 0.6 is 23.2 Å². The Hall–Kier alpha value is -2.24. The van der Waals surface area contributed by atoms with Crippen LogP contribution in [-0.4, -0.2) is 17.9 Å². The summed E-state index contributed by atoms with van der Waals surface area (Å²) in [6, 6.07) is 11.2. The van der Waals surface area contributed by atoms with Crippen LogP contribution in [0.25, 0.3) is 0 Å². The summed E-state index contributed by atoms with van der Waals surface area (Å²) in [5.74, 6) is -0.425. The lowest BCUT2D eigenvalue weighted by atomic mass is 10.1. The fourth-order valence-corrected chi connectivity index (χ4v) is 2.57. The first-order chi connectivity index (χ1) is 11.0. The van der Waals surface area contributed by atoms with Crippen LogP contribution in [0.3, 0.4) is 0 Å². The van der Waals surface area contributed by atoms with Gasteiger partial charge in [0.05, 0.1) is 27.8 Å². The van der Waals surface area contributed by atoms with Gasteiger partial charge < -0.3 is 15.4 Å². The van der Waals surface area contributed by atoms with Gasteiger partial charge in [-0.1, -0.05) is 41.4 Å². The zero-order valence-corrected chi connectivity index (χ0v) is 13.3. The van der Waals surface area contributed by atoms with E-state index in [1.54, 1.807) is 36.4 Å². The van der Waals surface area contributed by atoms with Crippen LogP contribution < -0.4 is 15.4 Å². The summed E-state index contributed by atoms with van der Waals surface area (Å²) in [5.41, 5.74) is 1.07. The Labute approximate surface area is 142 Å². The number of ether oxygens (including phenoxy) is 1. The first-order valence-electron chi connectivity index (χ1n) is 6.85. The number of hydrogen-bond donors (Lipinski definition) is 2. The second-order valence-electron chi connectivity index (χ2n) is 4.97. The van der Waals surface area contributed by atoms with Crippen LogP contribution in [0.5, 0.6) is 5.75 Å². The summed E-state index contributed by atoms with van der Waals surface area (Å²) >= 11 is 11.9. The fraction of sp³-hybridized carbons (Fsp3) is 0.125. The van der Waals surface area contributed by atoms with Gasteiger partial charge in [-0.25, -0.2) is 4.79 Å². The number of rotatable bonds is 3. The Kier molecular flexibility index (Phi) is 4.41. The van der Waals surface area contributed by atoms with E-state index in [2.05, 4.69) is 10.6 Å². The standard InChI is InChI=1S/C16H12Cl2N2O3/c17-9-4-3-6-11(15(9)18)20-14(21)8-12-16(22)23-13-7-2-1-5-10(13)19-12/h1-7,12,19H,8H2,(H,20,21). The lowest BCUT2D eigenvalue weighted by Gasteiger charge is -2.25. The highest BCUT2D eigenvalue weighted by atomic mass is 35.5. The molecule has 1 aliphatic heterocycles. The quantitative estimate of drug-likeness (QED) is 0.653. The minimum atomic E-state index is -0.761. The lowest BCUT2D eigenvalue weighted by Crippen LogP contribution is -2.39. The molecule has 2 N–H and O–H groups in total. The summed E-state index contributed by atoms with van der Waals surface area (Å²) in [4.78, 5) is 24.1. The van der Waals surface area contributed by atoms with Gasteiger partial charge in [-0.05, 0) is 24.3 Å². The molecule has 0 saturated heterocycles. The molecule has 0 fully saturated rings. The molecule has 0 saturated carbocycles. The summed E-state index contributed by atoms with van der Waals surface area (Å²) in [5, 5.41) is 6.23. The SMILES string of the molecule is O=C(CC1Nc2ccccc2OC1=O)Nc1cccc(Cl)c1Cl. The maximum Gasteiger partial charge on any atom is 0.334 e. The molecule has 0 spiro atoms. The molecule has 3 rings (SSSR count). The molecule has 2 aromatic rings. The zero-order chi connectivity index (χ0) is 16.4. The molecule has 118 valence electrons. The van der Waals surface area contributed by atoms with E-state index in [1.165, 1.54) is 0 Å². The van der Waals surface area contributed by atoms with Gasteiger partial charge in [0, 0.05) is 0 Å². The third-order valence-electron chi connectivity index (χ3n) is 3.33. The predicted molar refractivity (Wildman–Crippen MR) is 89.2 cm³/mol. The number of amides is 1. The van der Waals surface area contributed by atoms with Crippen molar-refractivity contribution in [2.75, 3.05) is 10.6 Å². The van der Waals surface area contributed by atoms with E-state index in [1.807, 2.05) is 6.07 Å². The van der Waals surface area contributed by atoms with E-state index in [9.17, 15) is 9.59 Å². The van der Waals surface area contributed by atoms with Crippen LogP contribution in [0, 0.1) is 0 Å². The highest BCUT2D eigenvalue weighted by molar-refractivity contribution is 6.44. The van der Waals surface area contributed by atoms with E-state index >= 15 is 0 Å². The number of benzene rings is 2. The number of fused-ring (bicyclic) bond motifs is 1. The second kappa shape index (κ2) is 6.48. The monoisotopic (exact) mass is 350 g/mol. The molecule has 1 aliphatic rings. The van der Waals surface area contributed by atoms with E-state index in [4.69, 9.17) is 27.9 Å². The number of para-hydroxylation sites is 2. The summed E-state index contributed by atoms with van der Waals surface area (Å²) in [6.45, 7) is 0. The van der Waals surface area contributed by atoms with Crippen molar-refractivity contribution in [2.45, 2.75) is 12.5 Å². The van der Waals surface area contributed by atoms with Crippen LogP contribution in [0.1, 0.15) is 6.42 Å². The van der Waals surface area contributed by atoms with Crippen LogP contribution in [0.2, 0.25) is 10.0 Å². The van der Waals surface area contributed by atoms with Crippen molar-refractivity contribution in [2.24, 2.45) is 0 Å². The van der Waals surface area contributed by atoms with E-state index < -0.39 is 12.0 Å². The molecule has 0 radical (unpaired) electrons. The minimum Gasteiger partial charge on any atom is -0.423 e. The average Bonchev–Trinajstić information content (AvgIpc) is 2.52. The van der Waals surface area contributed by atoms with Crippen molar-refractivity contribution in [1.29, 1.82) is 0 Å². The van der Waals surface area contributed by atoms with E-state index in [0.717, 1.165) is 0 Å². The molecule has 0 bridgehead atoms. The number of anilines is 2. The number of carbonyl (C=O) groups excluding carboxylic acids is 2. The molecule has 1 unspecified atom stereocenters. The van der Waals surface area contributed by atoms with Gasteiger partial charge in [0.25, 0.3) is 0 Å². The van der Waals surface area contributed by atoms with Crippen molar-refractivity contribution in [3.05, 3.63) is 52.5 Å². The van der Waals surface area contributed by atoms with Crippen molar-refractivity contribution in [3.8, 4) is 5.75 Å². The molecule has 1 atom stereocenters. The van der Waals surface area contributed by atoms with Gasteiger partial charge in [-0.2, -0.15) is 0 Å².